The summed E-state index contributed by atoms with van der Waals surface area (Å²) in [5.41, 5.74) is 1.34. The van der Waals surface area contributed by atoms with Crippen LogP contribution in [0.15, 0.2) is 41.3 Å². The number of rotatable bonds is 4. The zero-order valence-electron chi connectivity index (χ0n) is 20.7. The highest BCUT2D eigenvalue weighted by Gasteiger charge is 2.42. The van der Waals surface area contributed by atoms with Crippen molar-refractivity contribution < 1.29 is 14.4 Å². The molecule has 0 aliphatic carbocycles. The van der Waals surface area contributed by atoms with Crippen molar-refractivity contribution in [2.24, 2.45) is 11.8 Å². The number of nitrogens with zero attached hydrogens (tertiary/aromatic N) is 6. The van der Waals surface area contributed by atoms with Crippen molar-refractivity contribution >= 4 is 46.7 Å². The number of hydrogen-bond acceptors (Lipinski definition) is 9. The van der Waals surface area contributed by atoms with Gasteiger partial charge in [-0.15, -0.1) is 0 Å². The minimum Gasteiger partial charge on any atom is -0.354 e. The lowest BCUT2D eigenvalue weighted by Gasteiger charge is -2.33. The summed E-state index contributed by atoms with van der Waals surface area (Å²) >= 11 is 0.893. The van der Waals surface area contributed by atoms with Gasteiger partial charge < -0.3 is 19.6 Å². The molecule has 3 amide bonds. The first-order chi connectivity index (χ1) is 17.9. The minimum atomic E-state index is -0.393. The molecule has 37 heavy (non-hydrogen) atoms. The van der Waals surface area contributed by atoms with Crippen LogP contribution < -0.4 is 15.1 Å². The molecule has 0 spiro atoms. The van der Waals surface area contributed by atoms with Crippen LogP contribution in [-0.2, 0) is 4.79 Å². The molecule has 1 N–H and O–H groups in total. The molecule has 4 aliphatic rings. The number of imide groups is 1. The predicted molar refractivity (Wildman–Crippen MR) is 142 cm³/mol. The van der Waals surface area contributed by atoms with E-state index in [1.165, 1.54) is 0 Å². The van der Waals surface area contributed by atoms with Crippen LogP contribution in [0.1, 0.15) is 16.1 Å². The van der Waals surface area contributed by atoms with Gasteiger partial charge in [0.1, 0.15) is 5.82 Å². The number of benzene rings is 1. The van der Waals surface area contributed by atoms with Gasteiger partial charge in [0.05, 0.1) is 10.6 Å². The lowest BCUT2D eigenvalue weighted by Crippen LogP contribution is -2.45. The number of likely N-dealkylation sites (tertiary alicyclic amines) is 1. The Balaban J connectivity index is 1.22. The summed E-state index contributed by atoms with van der Waals surface area (Å²) in [6, 6.07) is 11.3. The number of carbonyl (C=O) groups excluding carboxylic acids is 3. The average Bonchev–Trinajstić information content (AvgIpc) is 3.57. The zero-order chi connectivity index (χ0) is 25.5. The smallest absolute Gasteiger partial charge is 0.290 e. The summed E-state index contributed by atoms with van der Waals surface area (Å²) in [4.78, 5) is 55.5. The molecule has 4 fully saturated rings. The maximum atomic E-state index is 12.9. The van der Waals surface area contributed by atoms with Gasteiger partial charge in [0, 0.05) is 75.8 Å². The molecule has 0 radical (unpaired) electrons. The Bertz CT molecular complexity index is 1250. The van der Waals surface area contributed by atoms with Crippen LogP contribution in [0.5, 0.6) is 0 Å². The molecule has 6 rings (SSSR count). The van der Waals surface area contributed by atoms with Crippen LogP contribution in [0, 0.1) is 11.8 Å². The van der Waals surface area contributed by atoms with Crippen LogP contribution in [0.3, 0.4) is 0 Å². The number of piperazine rings is 1. The van der Waals surface area contributed by atoms with E-state index in [1.54, 1.807) is 6.08 Å². The lowest BCUT2D eigenvalue weighted by atomic mass is 10.0. The van der Waals surface area contributed by atoms with Gasteiger partial charge in [-0.3, -0.25) is 19.7 Å². The Morgan fingerprint density at radius 2 is 1.68 bits per heavy atom. The van der Waals surface area contributed by atoms with E-state index in [1.807, 2.05) is 41.3 Å². The first kappa shape index (κ1) is 23.9. The Morgan fingerprint density at radius 3 is 2.32 bits per heavy atom. The van der Waals surface area contributed by atoms with Crippen molar-refractivity contribution in [3.05, 3.63) is 52.6 Å². The standard InChI is InChI=1S/C26H29N7O3S/c1-30-7-9-31(10-8-30)22-12-20(11-21-23(34)29-26(36)37-21)27-25(28-22)33-15-18-13-32(14-19(18)16-33)24(35)17-5-3-2-4-6-17/h2-6,11-12,18-19H,7-10,13-16H2,1H3,(H,29,34,36)/b21-11+. The van der Waals surface area contributed by atoms with Crippen molar-refractivity contribution in [3.63, 3.8) is 0 Å². The molecule has 192 valence electrons. The highest BCUT2D eigenvalue weighted by atomic mass is 32.2. The largest absolute Gasteiger partial charge is 0.354 e. The molecule has 0 saturated carbocycles. The van der Waals surface area contributed by atoms with E-state index in [2.05, 4.69) is 27.1 Å². The monoisotopic (exact) mass is 519 g/mol. The molecular weight excluding hydrogens is 490 g/mol. The van der Waals surface area contributed by atoms with Crippen LogP contribution >= 0.6 is 11.8 Å². The number of amides is 3. The summed E-state index contributed by atoms with van der Waals surface area (Å²) in [6.07, 6.45) is 1.67. The van der Waals surface area contributed by atoms with E-state index in [-0.39, 0.29) is 11.1 Å². The van der Waals surface area contributed by atoms with Crippen molar-refractivity contribution in [3.8, 4) is 0 Å². The van der Waals surface area contributed by atoms with Crippen LogP contribution in [0.25, 0.3) is 6.08 Å². The highest BCUT2D eigenvalue weighted by Crippen LogP contribution is 2.35. The van der Waals surface area contributed by atoms with Gasteiger partial charge in [0.2, 0.25) is 5.95 Å². The summed E-state index contributed by atoms with van der Waals surface area (Å²) in [5, 5.41) is 1.94. The van der Waals surface area contributed by atoms with E-state index < -0.39 is 5.91 Å². The molecule has 1 aromatic heterocycles. The zero-order valence-corrected chi connectivity index (χ0v) is 21.5. The van der Waals surface area contributed by atoms with Gasteiger partial charge in [-0.2, -0.15) is 4.98 Å². The van der Waals surface area contributed by atoms with E-state index in [9.17, 15) is 14.4 Å². The normalized spacial score (nSPS) is 25.2. The number of carbonyl (C=O) groups is 3. The molecule has 11 heteroatoms. The Hall–Kier alpha value is -3.44. The van der Waals surface area contributed by atoms with Gasteiger partial charge in [-0.25, -0.2) is 4.98 Å². The number of fused-ring (bicyclic) bond motifs is 1. The SMILES string of the molecule is CN1CCN(c2cc(/C=C3/SC(=O)NC3=O)nc(N3CC4CN(C(=O)c5ccccc5)CC4C3)n2)CC1. The van der Waals surface area contributed by atoms with E-state index in [0.29, 0.717) is 28.4 Å². The molecule has 5 heterocycles. The Morgan fingerprint density at radius 1 is 0.973 bits per heavy atom. The fraction of sp³-hybridized carbons (Fsp3) is 0.423. The molecule has 10 nitrogen and oxygen atoms in total. The summed E-state index contributed by atoms with van der Waals surface area (Å²) in [5.74, 6) is 1.88. The van der Waals surface area contributed by atoms with Crippen LogP contribution in [0.2, 0.25) is 0 Å². The van der Waals surface area contributed by atoms with Gasteiger partial charge in [-0.05, 0) is 37.0 Å². The van der Waals surface area contributed by atoms with E-state index >= 15 is 0 Å². The predicted octanol–water partition coefficient (Wildman–Crippen LogP) is 1.76. The molecule has 2 aromatic rings. The summed E-state index contributed by atoms with van der Waals surface area (Å²) in [6.45, 7) is 6.62. The molecule has 2 unspecified atom stereocenters. The third-order valence-electron chi connectivity index (χ3n) is 7.55. The first-order valence-corrected chi connectivity index (χ1v) is 13.4. The maximum Gasteiger partial charge on any atom is 0.290 e. The number of hydrogen-bond donors (Lipinski definition) is 1. The fourth-order valence-electron chi connectivity index (χ4n) is 5.49. The topological polar surface area (TPSA) is 102 Å². The second-order valence-corrected chi connectivity index (χ2v) is 11.1. The van der Waals surface area contributed by atoms with Crippen molar-refractivity contribution in [1.29, 1.82) is 0 Å². The quantitative estimate of drug-likeness (QED) is 0.606. The summed E-state index contributed by atoms with van der Waals surface area (Å²) in [7, 11) is 2.11. The molecule has 4 saturated heterocycles. The molecule has 4 aliphatic heterocycles. The molecular formula is C26H29N7O3S. The molecule has 2 atom stereocenters. The maximum absolute atomic E-state index is 12.9. The molecule has 0 bridgehead atoms. The van der Waals surface area contributed by atoms with Gasteiger partial charge in [-0.1, -0.05) is 18.2 Å². The fourth-order valence-corrected chi connectivity index (χ4v) is 6.16. The van der Waals surface area contributed by atoms with E-state index in [4.69, 9.17) is 9.97 Å². The number of likely N-dealkylation sites (N-methyl/N-ethyl adjacent to an activating group) is 1. The summed E-state index contributed by atoms with van der Waals surface area (Å²) < 4.78 is 0. The highest BCUT2D eigenvalue weighted by molar-refractivity contribution is 8.18. The second kappa shape index (κ2) is 9.79. The van der Waals surface area contributed by atoms with Crippen molar-refractivity contribution in [1.82, 2.24) is 25.1 Å². The number of anilines is 2. The number of thioether (sulfide) groups is 1. The third kappa shape index (κ3) is 4.93. The van der Waals surface area contributed by atoms with Crippen LogP contribution in [-0.4, -0.2) is 96.2 Å². The van der Waals surface area contributed by atoms with Gasteiger partial charge in [0.15, 0.2) is 0 Å². The minimum absolute atomic E-state index is 0.0886. The Labute approximate surface area is 219 Å². The molecule has 1 aromatic carbocycles. The van der Waals surface area contributed by atoms with Gasteiger partial charge in [0.25, 0.3) is 17.1 Å². The number of nitrogens with one attached hydrogen (secondary N) is 1. The third-order valence-corrected chi connectivity index (χ3v) is 8.36. The number of aromatic nitrogens is 2. The second-order valence-electron chi connectivity index (χ2n) is 10.1. The first-order valence-electron chi connectivity index (χ1n) is 12.6. The average molecular weight is 520 g/mol. The van der Waals surface area contributed by atoms with Gasteiger partial charge >= 0.3 is 0 Å². The Kier molecular flexibility index (Phi) is 6.33. The lowest BCUT2D eigenvalue weighted by molar-refractivity contribution is -0.115. The van der Waals surface area contributed by atoms with Crippen LogP contribution in [0.4, 0.5) is 16.6 Å². The van der Waals surface area contributed by atoms with E-state index in [0.717, 1.165) is 75.5 Å². The van der Waals surface area contributed by atoms with Crippen molar-refractivity contribution in [2.45, 2.75) is 0 Å². The van der Waals surface area contributed by atoms with Crippen molar-refractivity contribution in [2.75, 3.05) is 69.2 Å².